The predicted molar refractivity (Wildman–Crippen MR) is 152 cm³/mol. The standard InChI is InChI=1S/C30H31ClF3N6O/c1-38(23-16-35-15-21(23)33)28-19-9-14-40(22-6-2-5-18-7-8-20(32)25(31)24(18)22)27(34)26(19)36-29(37-28)41-17-30-10-3-12-39(30)13-4-11-30/h2,5-9,14,21,23,35H,3-4,10-13,15-17H2,1H3/q+1/t21-,23-/m1/s1. The Hall–Kier alpha value is -3.21. The van der Waals surface area contributed by atoms with E-state index in [-0.39, 0.29) is 28.6 Å². The Kier molecular flexibility index (Phi) is 6.67. The maximum atomic E-state index is 16.5. The molecule has 0 radical (unpaired) electrons. The number of pyridine rings is 1. The highest BCUT2D eigenvalue weighted by Crippen LogP contribution is 2.39. The van der Waals surface area contributed by atoms with Gasteiger partial charge in [0, 0.05) is 32.3 Å². The number of aromatic nitrogens is 3. The first-order valence-corrected chi connectivity index (χ1v) is 14.5. The molecule has 0 unspecified atom stereocenters. The van der Waals surface area contributed by atoms with Gasteiger partial charge in [0.05, 0.1) is 27.4 Å². The minimum absolute atomic E-state index is 0.0254. The third kappa shape index (κ3) is 4.38. The molecule has 4 aromatic rings. The molecule has 7 nitrogen and oxygen atoms in total. The van der Waals surface area contributed by atoms with Crippen LogP contribution in [0.4, 0.5) is 19.0 Å². The lowest BCUT2D eigenvalue weighted by molar-refractivity contribution is -0.624. The number of fused-ring (bicyclic) bond motifs is 3. The van der Waals surface area contributed by atoms with Crippen LogP contribution in [0.25, 0.3) is 27.4 Å². The molecule has 11 heteroatoms. The van der Waals surface area contributed by atoms with Gasteiger partial charge in [0.15, 0.2) is 11.7 Å². The molecule has 3 saturated heterocycles. The molecular weight excluding hydrogens is 553 g/mol. The Balaban J connectivity index is 1.36. The highest BCUT2D eigenvalue weighted by Gasteiger charge is 2.45. The number of hydrogen-bond acceptors (Lipinski definition) is 6. The Morgan fingerprint density at radius 2 is 1.93 bits per heavy atom. The lowest BCUT2D eigenvalue weighted by atomic mass is 9.95. The van der Waals surface area contributed by atoms with Crippen molar-refractivity contribution in [2.24, 2.45) is 0 Å². The van der Waals surface area contributed by atoms with Gasteiger partial charge in [-0.1, -0.05) is 29.8 Å². The smallest absolute Gasteiger partial charge is 0.392 e. The van der Waals surface area contributed by atoms with Gasteiger partial charge in [-0.15, -0.1) is 8.96 Å². The molecule has 0 amide bonds. The van der Waals surface area contributed by atoms with E-state index in [9.17, 15) is 8.78 Å². The van der Waals surface area contributed by atoms with Crippen molar-refractivity contribution in [1.82, 2.24) is 20.2 Å². The van der Waals surface area contributed by atoms with E-state index in [1.54, 1.807) is 48.5 Å². The third-order valence-corrected chi connectivity index (χ3v) is 9.47. The Bertz CT molecular complexity index is 1640. The highest BCUT2D eigenvalue weighted by molar-refractivity contribution is 6.36. The van der Waals surface area contributed by atoms with Crippen LogP contribution in [0.1, 0.15) is 25.7 Å². The van der Waals surface area contributed by atoms with Crippen molar-refractivity contribution in [3.05, 3.63) is 59.4 Å². The Morgan fingerprint density at radius 3 is 2.68 bits per heavy atom. The van der Waals surface area contributed by atoms with Gasteiger partial charge in [-0.25, -0.2) is 8.78 Å². The normalized spacial score (nSPS) is 22.1. The molecule has 3 fully saturated rings. The van der Waals surface area contributed by atoms with Crippen molar-refractivity contribution in [3.63, 3.8) is 0 Å². The minimum Gasteiger partial charge on any atom is -0.461 e. The first kappa shape index (κ1) is 26.7. The summed E-state index contributed by atoms with van der Waals surface area (Å²) in [4.78, 5) is 13.5. The summed E-state index contributed by atoms with van der Waals surface area (Å²) in [6.07, 6.45) is 4.75. The summed E-state index contributed by atoms with van der Waals surface area (Å²) < 4.78 is 53.3. The van der Waals surface area contributed by atoms with E-state index in [1.165, 1.54) is 10.6 Å². The van der Waals surface area contributed by atoms with Crippen molar-refractivity contribution >= 4 is 39.1 Å². The fourth-order valence-corrected chi connectivity index (χ4v) is 7.19. The Morgan fingerprint density at radius 1 is 1.12 bits per heavy atom. The summed E-state index contributed by atoms with van der Waals surface area (Å²) >= 11 is 6.37. The zero-order valence-corrected chi connectivity index (χ0v) is 23.5. The average Bonchev–Trinajstić information content (AvgIpc) is 3.69. The van der Waals surface area contributed by atoms with Gasteiger partial charge in [0.2, 0.25) is 5.69 Å². The van der Waals surface area contributed by atoms with Gasteiger partial charge >= 0.3 is 12.0 Å². The molecular formula is C30H31ClF3N6O+. The van der Waals surface area contributed by atoms with Gasteiger partial charge in [0.25, 0.3) is 0 Å². The zero-order chi connectivity index (χ0) is 28.3. The second kappa shape index (κ2) is 10.3. The summed E-state index contributed by atoms with van der Waals surface area (Å²) in [6.45, 7) is 3.18. The number of nitrogens with one attached hydrogen (secondary N) is 1. The highest BCUT2D eigenvalue weighted by atomic mass is 35.5. The second-order valence-corrected chi connectivity index (χ2v) is 11.7. The van der Waals surface area contributed by atoms with E-state index in [1.807, 2.05) is 0 Å². The van der Waals surface area contributed by atoms with Crippen LogP contribution >= 0.6 is 11.6 Å². The maximum absolute atomic E-state index is 16.5. The van der Waals surface area contributed by atoms with Gasteiger partial charge in [-0.2, -0.15) is 9.97 Å². The zero-order valence-electron chi connectivity index (χ0n) is 22.7. The third-order valence-electron chi connectivity index (χ3n) is 9.10. The molecule has 3 aliphatic rings. The summed E-state index contributed by atoms with van der Waals surface area (Å²) in [5, 5.41) is 4.47. The number of alkyl halides is 1. The van der Waals surface area contributed by atoms with Crippen molar-refractivity contribution in [2.45, 2.75) is 43.4 Å². The lowest BCUT2D eigenvalue weighted by Gasteiger charge is -2.31. The van der Waals surface area contributed by atoms with Crippen LogP contribution in [0.15, 0.2) is 42.6 Å². The molecule has 41 heavy (non-hydrogen) atoms. The minimum atomic E-state index is -1.11. The first-order chi connectivity index (χ1) is 19.9. The molecule has 7 rings (SSSR count). The fourth-order valence-electron chi connectivity index (χ4n) is 6.92. The van der Waals surface area contributed by atoms with Gasteiger partial charge in [0.1, 0.15) is 24.4 Å². The number of rotatable bonds is 6. The number of ether oxygens (including phenoxy) is 1. The number of nitrogens with zero attached hydrogens (tertiary/aromatic N) is 5. The van der Waals surface area contributed by atoms with Gasteiger partial charge in [-0.05, 0) is 50.2 Å². The van der Waals surface area contributed by atoms with Crippen LogP contribution in [0.2, 0.25) is 5.02 Å². The summed E-state index contributed by atoms with van der Waals surface area (Å²) in [5.74, 6) is -0.879. The largest absolute Gasteiger partial charge is 0.461 e. The summed E-state index contributed by atoms with van der Waals surface area (Å²) in [5.41, 5.74) is 0.345. The molecule has 0 bridgehead atoms. The van der Waals surface area contributed by atoms with Crippen LogP contribution < -0.4 is 19.5 Å². The van der Waals surface area contributed by atoms with Crippen molar-refractivity contribution in [3.8, 4) is 11.7 Å². The number of halogens is 4. The fraction of sp³-hybridized carbons (Fsp3) is 0.433. The summed E-state index contributed by atoms with van der Waals surface area (Å²) in [7, 11) is 1.76. The molecule has 214 valence electrons. The van der Waals surface area contributed by atoms with Crippen LogP contribution in [0.5, 0.6) is 6.01 Å². The number of anilines is 1. The van der Waals surface area contributed by atoms with Crippen LogP contribution in [0.3, 0.4) is 0 Å². The molecule has 2 atom stereocenters. The van der Waals surface area contributed by atoms with Crippen LogP contribution in [-0.4, -0.2) is 72.5 Å². The van der Waals surface area contributed by atoms with Crippen molar-refractivity contribution in [2.75, 3.05) is 44.7 Å². The molecule has 0 aliphatic carbocycles. The van der Waals surface area contributed by atoms with E-state index in [2.05, 4.69) is 15.2 Å². The van der Waals surface area contributed by atoms with Crippen LogP contribution in [-0.2, 0) is 0 Å². The predicted octanol–water partition coefficient (Wildman–Crippen LogP) is 4.74. The number of likely N-dealkylation sites (N-methyl/N-ethyl adjacent to an activating group) is 1. The van der Waals surface area contributed by atoms with E-state index in [4.69, 9.17) is 21.3 Å². The maximum Gasteiger partial charge on any atom is 0.392 e. The van der Waals surface area contributed by atoms with E-state index in [0.29, 0.717) is 40.8 Å². The quantitative estimate of drug-likeness (QED) is 0.261. The monoisotopic (exact) mass is 583 g/mol. The van der Waals surface area contributed by atoms with Crippen molar-refractivity contribution in [1.29, 1.82) is 0 Å². The van der Waals surface area contributed by atoms with Crippen LogP contribution in [0, 0.1) is 11.8 Å². The summed E-state index contributed by atoms with van der Waals surface area (Å²) in [6, 6.07) is 9.41. The number of hydrogen-bond donors (Lipinski definition) is 1. The molecule has 0 spiro atoms. The van der Waals surface area contributed by atoms with Crippen molar-refractivity contribution < 1.29 is 22.5 Å². The molecule has 1 N–H and O–H groups in total. The topological polar surface area (TPSA) is 57.4 Å². The number of benzene rings is 2. The molecule has 5 heterocycles. The Labute approximate surface area is 240 Å². The molecule has 2 aromatic carbocycles. The second-order valence-electron chi connectivity index (χ2n) is 11.4. The van der Waals surface area contributed by atoms with E-state index < -0.39 is 24.0 Å². The van der Waals surface area contributed by atoms with E-state index in [0.717, 1.165) is 38.8 Å². The average molecular weight is 584 g/mol. The first-order valence-electron chi connectivity index (χ1n) is 14.1. The molecule has 3 aliphatic heterocycles. The van der Waals surface area contributed by atoms with Gasteiger partial charge < -0.3 is 15.0 Å². The molecule has 2 aromatic heterocycles. The van der Waals surface area contributed by atoms with Gasteiger partial charge in [-0.3, -0.25) is 4.90 Å². The molecule has 0 saturated carbocycles. The SMILES string of the molecule is CN(c1nc(OCC23CCCN2CCC3)nc2c(F)[n+](-c3cccc4ccc(F)c(Cl)c34)ccc12)[C@@H]1CNC[C@H]1F. The van der Waals surface area contributed by atoms with E-state index >= 15 is 4.39 Å². The lowest BCUT2D eigenvalue weighted by Crippen LogP contribution is -2.43.